The number of para-hydroxylation sites is 1. The van der Waals surface area contributed by atoms with Crippen LogP contribution in [0.15, 0.2) is 65.8 Å². The molecule has 132 valence electrons. The summed E-state index contributed by atoms with van der Waals surface area (Å²) in [6.45, 7) is 6.40. The van der Waals surface area contributed by atoms with Crippen LogP contribution < -0.4 is 11.1 Å². The van der Waals surface area contributed by atoms with E-state index in [4.69, 9.17) is 5.73 Å². The Hall–Kier alpha value is -3.21. The largest absolute Gasteiger partial charge is 0.369 e. The number of rotatable bonds is 2. The fourth-order valence-corrected chi connectivity index (χ4v) is 2.66. The fraction of sp³-hybridized carbons (Fsp3) is 0.190. The number of nitrogens with zero attached hydrogens (tertiary/aromatic N) is 2. The number of pyridine rings is 1. The molecule has 5 heteroatoms. The second-order valence-electron chi connectivity index (χ2n) is 7.13. The van der Waals surface area contributed by atoms with E-state index in [0.717, 1.165) is 16.5 Å². The van der Waals surface area contributed by atoms with Crippen molar-refractivity contribution in [3.63, 3.8) is 0 Å². The molecule has 1 heterocycles. The molecule has 0 bridgehead atoms. The van der Waals surface area contributed by atoms with Gasteiger partial charge in [0.05, 0.1) is 16.8 Å². The first-order valence-corrected chi connectivity index (χ1v) is 8.44. The Bertz CT molecular complexity index is 972. The van der Waals surface area contributed by atoms with Crippen LogP contribution in [0.4, 0.5) is 5.69 Å². The third kappa shape index (κ3) is 3.88. The monoisotopic (exact) mass is 346 g/mol. The molecular formula is C21H22N4O. The van der Waals surface area contributed by atoms with Crippen LogP contribution in [0.3, 0.4) is 0 Å². The SMILES string of the molecule is CC(C)(C)c1ccc2nccc(C(=O)NC(N)=Nc3ccccc3)c2c1. The van der Waals surface area contributed by atoms with E-state index < -0.39 is 0 Å². The van der Waals surface area contributed by atoms with Crippen LogP contribution in [-0.4, -0.2) is 16.9 Å². The Morgan fingerprint density at radius 2 is 1.81 bits per heavy atom. The summed E-state index contributed by atoms with van der Waals surface area (Å²) in [5.74, 6) is -0.251. The number of fused-ring (bicyclic) bond motifs is 1. The molecule has 0 saturated heterocycles. The van der Waals surface area contributed by atoms with Crippen molar-refractivity contribution in [1.82, 2.24) is 10.3 Å². The molecule has 0 unspecified atom stereocenters. The highest BCUT2D eigenvalue weighted by molar-refractivity contribution is 6.12. The number of carbonyl (C=O) groups is 1. The number of aliphatic imine (C=N–C) groups is 1. The number of guanidine groups is 1. The lowest BCUT2D eigenvalue weighted by atomic mass is 9.86. The van der Waals surface area contributed by atoms with Gasteiger partial charge in [0.1, 0.15) is 0 Å². The van der Waals surface area contributed by atoms with Gasteiger partial charge in [0, 0.05) is 11.6 Å². The minimum absolute atomic E-state index is 0.0222. The van der Waals surface area contributed by atoms with Crippen molar-refractivity contribution in [1.29, 1.82) is 0 Å². The summed E-state index contributed by atoms with van der Waals surface area (Å²) < 4.78 is 0. The molecule has 1 aromatic heterocycles. The van der Waals surface area contributed by atoms with Crippen molar-refractivity contribution < 1.29 is 4.79 Å². The predicted octanol–water partition coefficient (Wildman–Crippen LogP) is 3.91. The number of nitrogens with one attached hydrogen (secondary N) is 1. The van der Waals surface area contributed by atoms with Crippen molar-refractivity contribution in [3.05, 3.63) is 71.9 Å². The van der Waals surface area contributed by atoms with E-state index in [1.165, 1.54) is 0 Å². The molecule has 0 atom stereocenters. The molecule has 0 radical (unpaired) electrons. The Labute approximate surface area is 153 Å². The summed E-state index contributed by atoms with van der Waals surface area (Å²) in [6, 6.07) is 16.9. The molecule has 2 aromatic carbocycles. The summed E-state index contributed by atoms with van der Waals surface area (Å²) in [4.78, 5) is 21.3. The summed E-state index contributed by atoms with van der Waals surface area (Å²) in [7, 11) is 0. The van der Waals surface area contributed by atoms with Gasteiger partial charge in [-0.25, -0.2) is 4.99 Å². The highest BCUT2D eigenvalue weighted by Gasteiger charge is 2.17. The molecule has 0 aliphatic carbocycles. The zero-order valence-corrected chi connectivity index (χ0v) is 15.2. The standard InChI is InChI=1S/C21H22N4O/c1-21(2,3)14-9-10-18-17(13-14)16(11-12-23-18)19(26)25-20(22)24-15-7-5-4-6-8-15/h4-13H,1-3H3,(H3,22,24,25,26). The van der Waals surface area contributed by atoms with Crippen LogP contribution in [0.25, 0.3) is 10.9 Å². The van der Waals surface area contributed by atoms with Gasteiger partial charge in [-0.3, -0.25) is 15.1 Å². The van der Waals surface area contributed by atoms with Gasteiger partial charge in [0.15, 0.2) is 0 Å². The lowest BCUT2D eigenvalue weighted by Gasteiger charge is -2.19. The smallest absolute Gasteiger partial charge is 0.258 e. The van der Waals surface area contributed by atoms with Gasteiger partial charge in [-0.15, -0.1) is 0 Å². The Balaban J connectivity index is 1.94. The number of nitrogens with two attached hydrogens (primary N) is 1. The lowest BCUT2D eigenvalue weighted by Crippen LogP contribution is -2.36. The van der Waals surface area contributed by atoms with Gasteiger partial charge in [-0.05, 0) is 41.3 Å². The molecule has 0 aliphatic rings. The van der Waals surface area contributed by atoms with Gasteiger partial charge in [-0.1, -0.05) is 45.0 Å². The van der Waals surface area contributed by atoms with E-state index in [2.05, 4.69) is 36.1 Å². The number of carbonyl (C=O) groups excluding carboxylic acids is 1. The minimum Gasteiger partial charge on any atom is -0.369 e. The van der Waals surface area contributed by atoms with Crippen LogP contribution in [0.2, 0.25) is 0 Å². The average Bonchev–Trinajstić information content (AvgIpc) is 2.60. The predicted molar refractivity (Wildman–Crippen MR) is 106 cm³/mol. The Morgan fingerprint density at radius 3 is 2.50 bits per heavy atom. The molecule has 1 amide bonds. The molecular weight excluding hydrogens is 324 g/mol. The summed E-state index contributed by atoms with van der Waals surface area (Å²) in [5, 5.41) is 3.45. The zero-order chi connectivity index (χ0) is 18.7. The normalized spacial score (nSPS) is 12.2. The van der Waals surface area contributed by atoms with Crippen molar-refractivity contribution in [2.45, 2.75) is 26.2 Å². The molecule has 3 aromatic rings. The van der Waals surface area contributed by atoms with E-state index in [1.54, 1.807) is 12.3 Å². The van der Waals surface area contributed by atoms with Crippen LogP contribution in [0.1, 0.15) is 36.7 Å². The fourth-order valence-electron chi connectivity index (χ4n) is 2.66. The third-order valence-corrected chi connectivity index (χ3v) is 4.10. The molecule has 3 rings (SSSR count). The van der Waals surface area contributed by atoms with Gasteiger partial charge < -0.3 is 5.73 Å². The van der Waals surface area contributed by atoms with Gasteiger partial charge in [0.2, 0.25) is 5.96 Å². The van der Waals surface area contributed by atoms with Gasteiger partial charge >= 0.3 is 0 Å². The molecule has 0 saturated carbocycles. The second-order valence-corrected chi connectivity index (χ2v) is 7.13. The quantitative estimate of drug-likeness (QED) is 0.545. The first-order chi connectivity index (χ1) is 12.3. The summed E-state index contributed by atoms with van der Waals surface area (Å²) in [5.41, 5.74) is 8.97. The number of amides is 1. The molecule has 0 aliphatic heterocycles. The number of hydrogen-bond donors (Lipinski definition) is 2. The first kappa shape index (κ1) is 17.6. The Kier molecular flexibility index (Phi) is 4.71. The van der Waals surface area contributed by atoms with E-state index in [-0.39, 0.29) is 17.3 Å². The summed E-state index contributed by atoms with van der Waals surface area (Å²) in [6.07, 6.45) is 1.62. The zero-order valence-electron chi connectivity index (χ0n) is 15.2. The van der Waals surface area contributed by atoms with Crippen LogP contribution in [0, 0.1) is 0 Å². The summed E-state index contributed by atoms with van der Waals surface area (Å²) >= 11 is 0. The second kappa shape index (κ2) is 6.96. The number of aromatic nitrogens is 1. The third-order valence-electron chi connectivity index (χ3n) is 4.10. The van der Waals surface area contributed by atoms with Crippen LogP contribution in [-0.2, 0) is 5.41 Å². The molecule has 5 nitrogen and oxygen atoms in total. The maximum absolute atomic E-state index is 12.7. The molecule has 0 fully saturated rings. The first-order valence-electron chi connectivity index (χ1n) is 8.44. The van der Waals surface area contributed by atoms with E-state index in [9.17, 15) is 4.79 Å². The molecule has 26 heavy (non-hydrogen) atoms. The lowest BCUT2D eigenvalue weighted by molar-refractivity contribution is 0.0978. The minimum atomic E-state index is -0.305. The van der Waals surface area contributed by atoms with E-state index in [1.807, 2.05) is 48.5 Å². The maximum Gasteiger partial charge on any atom is 0.258 e. The van der Waals surface area contributed by atoms with Crippen molar-refractivity contribution in [3.8, 4) is 0 Å². The van der Waals surface area contributed by atoms with Gasteiger partial charge in [0.25, 0.3) is 5.91 Å². The molecule has 3 N–H and O–H groups in total. The van der Waals surface area contributed by atoms with E-state index in [0.29, 0.717) is 11.3 Å². The average molecular weight is 346 g/mol. The van der Waals surface area contributed by atoms with Gasteiger partial charge in [-0.2, -0.15) is 0 Å². The maximum atomic E-state index is 12.7. The number of benzene rings is 2. The van der Waals surface area contributed by atoms with Crippen LogP contribution in [0.5, 0.6) is 0 Å². The van der Waals surface area contributed by atoms with Crippen molar-refractivity contribution >= 4 is 28.5 Å². The number of hydrogen-bond acceptors (Lipinski definition) is 3. The Morgan fingerprint density at radius 1 is 1.08 bits per heavy atom. The van der Waals surface area contributed by atoms with Crippen LogP contribution >= 0.6 is 0 Å². The van der Waals surface area contributed by atoms with Crippen molar-refractivity contribution in [2.24, 2.45) is 10.7 Å². The van der Waals surface area contributed by atoms with E-state index >= 15 is 0 Å². The molecule has 0 spiro atoms. The van der Waals surface area contributed by atoms with Crippen molar-refractivity contribution in [2.75, 3.05) is 0 Å². The highest BCUT2D eigenvalue weighted by atomic mass is 16.1. The topological polar surface area (TPSA) is 80.4 Å². The highest BCUT2D eigenvalue weighted by Crippen LogP contribution is 2.27.